The average Bonchev–Trinajstić information content (AvgIpc) is 2.91. The van der Waals surface area contributed by atoms with Gasteiger partial charge in [0.15, 0.2) is 0 Å². The van der Waals surface area contributed by atoms with Crippen molar-refractivity contribution in [3.05, 3.63) is 289 Å². The number of hydrogen-bond donors (Lipinski definition) is 0. The van der Waals surface area contributed by atoms with Gasteiger partial charge in [-0.3, -0.25) is 0 Å². The van der Waals surface area contributed by atoms with Crippen molar-refractivity contribution >= 4 is 141 Å². The van der Waals surface area contributed by atoms with E-state index < -0.39 is 0 Å². The molecule has 0 amide bonds. The minimum atomic E-state index is -0.118. The van der Waals surface area contributed by atoms with Crippen LogP contribution in [0.5, 0.6) is 0 Å². The number of halogens is 3. The average molecular weight is 1300 g/mol. The topological polar surface area (TPSA) is 4.93 Å². The first kappa shape index (κ1) is 50.8. The van der Waals surface area contributed by atoms with E-state index in [4.69, 9.17) is 0 Å². The number of rotatable bonds is 1. The zero-order chi connectivity index (χ0) is 56.0. The van der Waals surface area contributed by atoms with E-state index in [2.05, 4.69) is 311 Å². The standard InChI is InChI=1S/C39H26BrN.C34H23Br.C6H5I/c1-39(2)35-20-30-28-15-9-7-13-26(28)25-12-6-8-14-27(25)29(30)19-31(35)32-22-38-34(21-36(32)39)33-18-23(40)16-17-37(33)41(38)24-10-4-3-5-11-24;1-34(2)32-17-27-20(13-19-11-12-21(35)15-26(19)27)14-30(32)31-16-28-24-9-5-3-7-22(24)23-8-4-6-10-25(23)29(28)18-33(31)34;7-6-4-2-1-3-5-6/h3-22H,1-2H3;3-12,14-18H,13H2,1-2H3;1-5H. The van der Waals surface area contributed by atoms with Gasteiger partial charge in [0.2, 0.25) is 0 Å². The summed E-state index contributed by atoms with van der Waals surface area (Å²) in [6.07, 6.45) is 1.02. The third kappa shape index (κ3) is 7.82. The molecule has 3 aliphatic rings. The zero-order valence-corrected chi connectivity index (χ0v) is 51.7. The van der Waals surface area contributed by atoms with E-state index in [1.807, 2.05) is 18.2 Å². The molecule has 83 heavy (non-hydrogen) atoms. The maximum Gasteiger partial charge on any atom is 0.0547 e. The summed E-state index contributed by atoms with van der Waals surface area (Å²) >= 11 is 9.72. The van der Waals surface area contributed by atoms with Crippen LogP contribution in [0, 0.1) is 3.57 Å². The molecule has 0 unspecified atom stereocenters. The van der Waals surface area contributed by atoms with Crippen LogP contribution < -0.4 is 0 Å². The van der Waals surface area contributed by atoms with E-state index in [-0.39, 0.29) is 10.8 Å². The quantitative estimate of drug-likeness (QED) is 0.114. The molecule has 3 aliphatic carbocycles. The smallest absolute Gasteiger partial charge is 0.0547 e. The molecule has 0 saturated carbocycles. The predicted molar refractivity (Wildman–Crippen MR) is 370 cm³/mol. The van der Waals surface area contributed by atoms with Gasteiger partial charge in [-0.05, 0) is 264 Å². The predicted octanol–water partition coefficient (Wildman–Crippen LogP) is 23.4. The van der Waals surface area contributed by atoms with Crippen molar-refractivity contribution in [1.82, 2.24) is 4.57 Å². The summed E-state index contributed by atoms with van der Waals surface area (Å²) in [5, 5.41) is 18.6. The van der Waals surface area contributed by atoms with Crippen molar-refractivity contribution in [2.75, 3.05) is 0 Å². The van der Waals surface area contributed by atoms with Gasteiger partial charge in [-0.1, -0.05) is 199 Å². The van der Waals surface area contributed by atoms with Crippen LogP contribution in [0.15, 0.2) is 252 Å². The van der Waals surface area contributed by atoms with Crippen molar-refractivity contribution in [2.24, 2.45) is 0 Å². The lowest BCUT2D eigenvalue weighted by Crippen LogP contribution is -2.15. The number of aromatic nitrogens is 1. The van der Waals surface area contributed by atoms with Crippen LogP contribution in [-0.2, 0) is 17.3 Å². The summed E-state index contributed by atoms with van der Waals surface area (Å²) in [6, 6.07) is 89.7. The largest absolute Gasteiger partial charge is 0.309 e. The molecule has 0 atom stereocenters. The first-order valence-electron chi connectivity index (χ1n) is 28.7. The number of hydrogen-bond acceptors (Lipinski definition) is 0. The maximum atomic E-state index is 3.75. The monoisotopic (exact) mass is 1300 g/mol. The number of nitrogens with zero attached hydrogens (tertiary/aromatic N) is 1. The number of para-hydroxylation sites is 1. The number of benzene rings is 14. The van der Waals surface area contributed by atoms with E-state index in [1.54, 1.807) is 0 Å². The molecule has 0 radical (unpaired) electrons. The zero-order valence-electron chi connectivity index (χ0n) is 46.4. The molecule has 1 aromatic heterocycles. The van der Waals surface area contributed by atoms with E-state index in [9.17, 15) is 0 Å². The highest BCUT2D eigenvalue weighted by molar-refractivity contribution is 14.1. The Morgan fingerprint density at radius 1 is 0.301 bits per heavy atom. The molecule has 0 spiro atoms. The molecule has 15 aromatic rings. The SMILES string of the molecule is CC1(C)c2cc3c(cc2-c2cc4c5ccccc5c5ccccc5c4cc21)Cc1ccc(Br)cc1-3.CC1(C)c2cc3c4ccccc4c4ccccc4c3cc2-c2cc3c(cc21)c1cc(Br)ccc1n3-c1ccccc1.Ic1ccccc1. The Bertz CT molecular complexity index is 5260. The summed E-state index contributed by atoms with van der Waals surface area (Å²) < 4.78 is 5.97. The Morgan fingerprint density at radius 2 is 0.675 bits per heavy atom. The molecule has 18 rings (SSSR count). The van der Waals surface area contributed by atoms with Crippen molar-refractivity contribution < 1.29 is 0 Å². The fraction of sp³-hybridized carbons (Fsp3) is 0.0886. The van der Waals surface area contributed by atoms with E-state index in [0.717, 1.165) is 15.4 Å². The third-order valence-electron chi connectivity index (χ3n) is 18.6. The highest BCUT2D eigenvalue weighted by Crippen LogP contribution is 2.56. The molecular weight excluding hydrogens is 1250 g/mol. The van der Waals surface area contributed by atoms with Crippen LogP contribution in [0.1, 0.15) is 61.1 Å². The van der Waals surface area contributed by atoms with Crippen LogP contribution >= 0.6 is 54.5 Å². The van der Waals surface area contributed by atoms with E-state index >= 15 is 0 Å². The van der Waals surface area contributed by atoms with Crippen molar-refractivity contribution in [3.63, 3.8) is 0 Å². The van der Waals surface area contributed by atoms with Crippen LogP contribution in [0.25, 0.3) is 126 Å². The minimum absolute atomic E-state index is 0.0462. The van der Waals surface area contributed by atoms with E-state index in [0.29, 0.717) is 0 Å². The number of fused-ring (bicyclic) bond motifs is 24. The summed E-state index contributed by atoms with van der Waals surface area (Å²) in [5.41, 5.74) is 20.4. The van der Waals surface area contributed by atoms with Gasteiger partial charge in [-0.25, -0.2) is 0 Å². The van der Waals surface area contributed by atoms with Gasteiger partial charge in [-0.2, -0.15) is 0 Å². The highest BCUT2D eigenvalue weighted by atomic mass is 127. The lowest BCUT2D eigenvalue weighted by atomic mass is 9.80. The second-order valence-corrected chi connectivity index (χ2v) is 27.0. The summed E-state index contributed by atoms with van der Waals surface area (Å²) in [5.74, 6) is 0. The van der Waals surface area contributed by atoms with Crippen LogP contribution in [0.2, 0.25) is 0 Å². The fourth-order valence-corrected chi connectivity index (χ4v) is 15.8. The molecule has 0 aliphatic heterocycles. The van der Waals surface area contributed by atoms with Crippen LogP contribution in [0.3, 0.4) is 0 Å². The molecular formula is C79H54Br2IN. The second-order valence-electron chi connectivity index (χ2n) is 23.9. The van der Waals surface area contributed by atoms with Crippen LogP contribution in [0.4, 0.5) is 0 Å². The molecule has 396 valence electrons. The van der Waals surface area contributed by atoms with Crippen LogP contribution in [-0.4, -0.2) is 4.57 Å². The fourth-order valence-electron chi connectivity index (χ4n) is 14.7. The molecule has 14 aromatic carbocycles. The van der Waals surface area contributed by atoms with Gasteiger partial charge in [0.05, 0.1) is 11.0 Å². The Morgan fingerprint density at radius 3 is 1.17 bits per heavy atom. The molecule has 0 fully saturated rings. The molecule has 1 heterocycles. The maximum absolute atomic E-state index is 3.75. The summed E-state index contributed by atoms with van der Waals surface area (Å²) in [6.45, 7) is 9.58. The minimum Gasteiger partial charge on any atom is -0.309 e. The molecule has 0 N–H and O–H groups in total. The molecule has 1 nitrogen and oxygen atoms in total. The first-order valence-corrected chi connectivity index (χ1v) is 31.3. The Kier molecular flexibility index (Phi) is 11.7. The summed E-state index contributed by atoms with van der Waals surface area (Å²) in [4.78, 5) is 0. The highest BCUT2D eigenvalue weighted by Gasteiger charge is 2.39. The Balaban J connectivity index is 0.000000123. The van der Waals surface area contributed by atoms with Gasteiger partial charge < -0.3 is 4.57 Å². The van der Waals surface area contributed by atoms with Gasteiger partial charge in [-0.15, -0.1) is 0 Å². The van der Waals surface area contributed by atoms with Crippen molar-refractivity contribution in [1.29, 1.82) is 0 Å². The van der Waals surface area contributed by atoms with Gasteiger partial charge in [0.1, 0.15) is 0 Å². The van der Waals surface area contributed by atoms with Gasteiger partial charge in [0.25, 0.3) is 0 Å². The molecule has 0 bridgehead atoms. The lowest BCUT2D eigenvalue weighted by Gasteiger charge is -2.23. The van der Waals surface area contributed by atoms with Gasteiger partial charge >= 0.3 is 0 Å². The van der Waals surface area contributed by atoms with E-state index in [1.165, 1.54) is 162 Å². The van der Waals surface area contributed by atoms with Crippen molar-refractivity contribution in [2.45, 2.75) is 44.9 Å². The Hall–Kier alpha value is -7.87. The van der Waals surface area contributed by atoms with Gasteiger partial charge in [0, 0.05) is 39.8 Å². The molecule has 4 heteroatoms. The molecule has 0 saturated heterocycles. The normalized spacial score (nSPS) is 13.9. The summed E-state index contributed by atoms with van der Waals surface area (Å²) in [7, 11) is 0. The first-order chi connectivity index (χ1) is 40.4. The third-order valence-corrected chi connectivity index (χ3v) is 20.3. The van der Waals surface area contributed by atoms with Crippen molar-refractivity contribution in [3.8, 4) is 39.1 Å². The second kappa shape index (κ2) is 19.1. The lowest BCUT2D eigenvalue weighted by molar-refractivity contribution is 0.661. The Labute approximate surface area is 513 Å².